The van der Waals surface area contributed by atoms with Gasteiger partial charge in [0.2, 0.25) is 6.79 Å². The molecule has 0 aliphatic carbocycles. The minimum atomic E-state index is -0.922. The molecule has 8 nitrogen and oxygen atoms in total. The number of rotatable bonds is 4. The minimum Gasteiger partial charge on any atom is -0.495 e. The van der Waals surface area contributed by atoms with Crippen LogP contribution in [0.4, 0.5) is 5.69 Å². The summed E-state index contributed by atoms with van der Waals surface area (Å²) in [7, 11) is 1.48. The molecular weight excluding hydrogens is 362 g/mol. The van der Waals surface area contributed by atoms with Crippen LogP contribution in [0.3, 0.4) is 0 Å². The monoisotopic (exact) mass is 375 g/mol. The van der Waals surface area contributed by atoms with Crippen LogP contribution in [-0.2, 0) is 9.59 Å². The molecule has 0 radical (unpaired) electrons. The SMILES string of the molecule is COc1ccc(NC(=O)C(=O)N/N=C\c2ccc3c(c2)OCO3)cc1Cl. The van der Waals surface area contributed by atoms with E-state index >= 15 is 0 Å². The van der Waals surface area contributed by atoms with Gasteiger partial charge in [0.25, 0.3) is 0 Å². The number of halogens is 1. The van der Waals surface area contributed by atoms with Crippen LogP contribution < -0.4 is 25.0 Å². The zero-order chi connectivity index (χ0) is 18.5. The Kier molecular flexibility index (Phi) is 5.23. The molecule has 0 fully saturated rings. The molecule has 0 saturated heterocycles. The highest BCUT2D eigenvalue weighted by Gasteiger charge is 2.14. The van der Waals surface area contributed by atoms with Crippen molar-refractivity contribution >= 4 is 35.3 Å². The molecule has 0 saturated carbocycles. The molecule has 134 valence electrons. The van der Waals surface area contributed by atoms with Crippen LogP contribution in [0.1, 0.15) is 5.56 Å². The molecule has 0 atom stereocenters. The topological polar surface area (TPSA) is 98.2 Å². The predicted molar refractivity (Wildman–Crippen MR) is 94.9 cm³/mol. The molecule has 1 heterocycles. The van der Waals surface area contributed by atoms with E-state index in [9.17, 15) is 9.59 Å². The van der Waals surface area contributed by atoms with Gasteiger partial charge in [0.15, 0.2) is 11.5 Å². The van der Waals surface area contributed by atoms with Gasteiger partial charge in [-0.05, 0) is 42.0 Å². The highest BCUT2D eigenvalue weighted by Crippen LogP contribution is 2.32. The maximum absolute atomic E-state index is 11.9. The van der Waals surface area contributed by atoms with Gasteiger partial charge in [-0.1, -0.05) is 11.6 Å². The Morgan fingerprint density at radius 3 is 2.73 bits per heavy atom. The summed E-state index contributed by atoms with van der Waals surface area (Å²) in [5.74, 6) is -0.108. The molecular formula is C17H14ClN3O5. The van der Waals surface area contributed by atoms with Crippen molar-refractivity contribution in [2.75, 3.05) is 19.2 Å². The molecule has 1 aliphatic heterocycles. The number of methoxy groups -OCH3 is 1. The van der Waals surface area contributed by atoms with E-state index in [0.29, 0.717) is 33.5 Å². The lowest BCUT2D eigenvalue weighted by Gasteiger charge is -2.07. The highest BCUT2D eigenvalue weighted by molar-refractivity contribution is 6.40. The summed E-state index contributed by atoms with van der Waals surface area (Å²) in [5, 5.41) is 6.47. The first kappa shape index (κ1) is 17.6. The molecule has 0 aromatic heterocycles. The van der Waals surface area contributed by atoms with Gasteiger partial charge in [0.05, 0.1) is 18.3 Å². The minimum absolute atomic E-state index is 0.169. The summed E-state index contributed by atoms with van der Waals surface area (Å²) in [6, 6.07) is 9.78. The van der Waals surface area contributed by atoms with Crippen molar-refractivity contribution in [3.8, 4) is 17.2 Å². The molecule has 9 heteroatoms. The van der Waals surface area contributed by atoms with Crippen molar-refractivity contribution in [2.24, 2.45) is 5.10 Å². The van der Waals surface area contributed by atoms with Crippen LogP contribution in [-0.4, -0.2) is 31.9 Å². The zero-order valence-electron chi connectivity index (χ0n) is 13.6. The van der Waals surface area contributed by atoms with Crippen LogP contribution in [0.2, 0.25) is 5.02 Å². The molecule has 0 unspecified atom stereocenters. The third kappa shape index (κ3) is 4.04. The van der Waals surface area contributed by atoms with E-state index in [0.717, 1.165) is 0 Å². The van der Waals surface area contributed by atoms with E-state index in [4.69, 9.17) is 25.8 Å². The number of hydrazone groups is 1. The largest absolute Gasteiger partial charge is 0.495 e. The fourth-order valence-corrected chi connectivity index (χ4v) is 2.40. The van der Waals surface area contributed by atoms with Crippen molar-refractivity contribution in [1.82, 2.24) is 5.43 Å². The van der Waals surface area contributed by atoms with Crippen LogP contribution in [0.25, 0.3) is 0 Å². The van der Waals surface area contributed by atoms with Crippen LogP contribution in [0, 0.1) is 0 Å². The van der Waals surface area contributed by atoms with E-state index in [1.807, 2.05) is 0 Å². The molecule has 0 bridgehead atoms. The molecule has 26 heavy (non-hydrogen) atoms. The van der Waals surface area contributed by atoms with Crippen molar-refractivity contribution in [3.63, 3.8) is 0 Å². The summed E-state index contributed by atoms with van der Waals surface area (Å²) in [4.78, 5) is 23.7. The second-order valence-corrected chi connectivity index (χ2v) is 5.52. The molecule has 2 aromatic rings. The Balaban J connectivity index is 1.56. The molecule has 2 amide bonds. The summed E-state index contributed by atoms with van der Waals surface area (Å²) in [6.45, 7) is 0.169. The second-order valence-electron chi connectivity index (χ2n) is 5.12. The number of amides is 2. The number of hydrogen-bond acceptors (Lipinski definition) is 6. The van der Waals surface area contributed by atoms with E-state index in [2.05, 4.69) is 15.8 Å². The Morgan fingerprint density at radius 2 is 1.96 bits per heavy atom. The number of carbonyl (C=O) groups excluding carboxylic acids is 2. The number of ether oxygens (including phenoxy) is 3. The summed E-state index contributed by atoms with van der Waals surface area (Å²) in [5.41, 5.74) is 3.18. The van der Waals surface area contributed by atoms with Crippen LogP contribution in [0.5, 0.6) is 17.2 Å². The highest BCUT2D eigenvalue weighted by atomic mass is 35.5. The second kappa shape index (κ2) is 7.75. The third-order valence-corrected chi connectivity index (χ3v) is 3.69. The summed E-state index contributed by atoms with van der Waals surface area (Å²) in [6.07, 6.45) is 1.39. The first-order valence-electron chi connectivity index (χ1n) is 7.44. The number of carbonyl (C=O) groups is 2. The van der Waals surface area contributed by atoms with Gasteiger partial charge in [-0.3, -0.25) is 9.59 Å². The zero-order valence-corrected chi connectivity index (χ0v) is 14.4. The Morgan fingerprint density at radius 1 is 1.15 bits per heavy atom. The van der Waals surface area contributed by atoms with Gasteiger partial charge < -0.3 is 19.5 Å². The van der Waals surface area contributed by atoms with Crippen LogP contribution >= 0.6 is 11.6 Å². The number of nitrogens with one attached hydrogen (secondary N) is 2. The number of benzene rings is 2. The Hall–Kier alpha value is -3.26. The van der Waals surface area contributed by atoms with E-state index in [1.54, 1.807) is 30.3 Å². The fourth-order valence-electron chi connectivity index (χ4n) is 2.14. The van der Waals surface area contributed by atoms with Gasteiger partial charge in [0.1, 0.15) is 5.75 Å². The average molecular weight is 376 g/mol. The molecule has 3 rings (SSSR count). The first-order chi connectivity index (χ1) is 12.6. The predicted octanol–water partition coefficient (Wildman–Crippen LogP) is 2.17. The smallest absolute Gasteiger partial charge is 0.329 e. The van der Waals surface area contributed by atoms with E-state index < -0.39 is 11.8 Å². The number of anilines is 1. The van der Waals surface area contributed by atoms with Crippen molar-refractivity contribution in [1.29, 1.82) is 0 Å². The Labute approximate surface area is 153 Å². The Bertz CT molecular complexity index is 885. The summed E-state index contributed by atoms with van der Waals surface area (Å²) < 4.78 is 15.5. The lowest BCUT2D eigenvalue weighted by molar-refractivity contribution is -0.136. The van der Waals surface area contributed by atoms with Gasteiger partial charge in [-0.25, -0.2) is 5.43 Å². The van der Waals surface area contributed by atoms with Crippen molar-refractivity contribution in [3.05, 3.63) is 47.0 Å². The van der Waals surface area contributed by atoms with Crippen molar-refractivity contribution in [2.45, 2.75) is 0 Å². The lowest BCUT2D eigenvalue weighted by atomic mass is 10.2. The lowest BCUT2D eigenvalue weighted by Crippen LogP contribution is -2.32. The van der Waals surface area contributed by atoms with Gasteiger partial charge >= 0.3 is 11.8 Å². The molecule has 2 aromatic carbocycles. The normalized spacial score (nSPS) is 12.1. The quantitative estimate of drug-likeness (QED) is 0.485. The van der Waals surface area contributed by atoms with E-state index in [1.165, 1.54) is 19.4 Å². The number of fused-ring (bicyclic) bond motifs is 1. The van der Waals surface area contributed by atoms with Crippen molar-refractivity contribution < 1.29 is 23.8 Å². The third-order valence-electron chi connectivity index (χ3n) is 3.39. The standard InChI is InChI=1S/C17H14ClN3O5/c1-24-13-5-3-11(7-12(13)18)20-16(22)17(23)21-19-8-10-2-4-14-15(6-10)26-9-25-14/h2-8H,9H2,1H3,(H,20,22)(H,21,23)/b19-8-. The number of hydrogen-bond donors (Lipinski definition) is 2. The molecule has 0 spiro atoms. The number of nitrogens with zero attached hydrogens (tertiary/aromatic N) is 1. The van der Waals surface area contributed by atoms with Gasteiger partial charge in [-0.15, -0.1) is 0 Å². The maximum atomic E-state index is 11.9. The van der Waals surface area contributed by atoms with Crippen LogP contribution in [0.15, 0.2) is 41.5 Å². The first-order valence-corrected chi connectivity index (χ1v) is 7.82. The summed E-state index contributed by atoms with van der Waals surface area (Å²) >= 11 is 5.96. The van der Waals surface area contributed by atoms with Gasteiger partial charge in [-0.2, -0.15) is 5.10 Å². The molecule has 1 aliphatic rings. The van der Waals surface area contributed by atoms with Gasteiger partial charge in [0, 0.05) is 5.69 Å². The average Bonchev–Trinajstić information content (AvgIpc) is 3.09. The maximum Gasteiger partial charge on any atom is 0.329 e. The fraction of sp³-hybridized carbons (Fsp3) is 0.118. The van der Waals surface area contributed by atoms with E-state index in [-0.39, 0.29) is 6.79 Å². The molecule has 2 N–H and O–H groups in total.